The molecule has 0 spiro atoms. The van der Waals surface area contributed by atoms with E-state index in [9.17, 15) is 9.18 Å². The molecule has 1 amide bonds. The fraction of sp³-hybridized carbons (Fsp3) is 0.533. The number of benzene rings is 1. The van der Waals surface area contributed by atoms with Gasteiger partial charge in [-0.25, -0.2) is 4.39 Å². The van der Waals surface area contributed by atoms with E-state index < -0.39 is 0 Å². The van der Waals surface area contributed by atoms with Gasteiger partial charge in [-0.3, -0.25) is 9.69 Å². The predicted octanol–water partition coefficient (Wildman–Crippen LogP) is 1.74. The smallest absolute Gasteiger partial charge is 0.238 e. The average Bonchev–Trinajstić information content (AvgIpc) is 2.32. The van der Waals surface area contributed by atoms with Crippen molar-refractivity contribution in [3.05, 3.63) is 29.6 Å². The molecule has 0 saturated carbocycles. The highest BCUT2D eigenvalue weighted by molar-refractivity contribution is 5.92. The summed E-state index contributed by atoms with van der Waals surface area (Å²) < 4.78 is 13.4. The number of anilines is 1. The number of halogens is 1. The zero-order chi connectivity index (χ0) is 14.7. The third kappa shape index (κ3) is 4.02. The lowest BCUT2D eigenvalue weighted by atomic mass is 9.97. The van der Waals surface area contributed by atoms with E-state index >= 15 is 0 Å². The molecule has 20 heavy (non-hydrogen) atoms. The van der Waals surface area contributed by atoms with Crippen LogP contribution in [0.1, 0.15) is 18.9 Å². The minimum atomic E-state index is -0.309. The molecule has 1 heterocycles. The van der Waals surface area contributed by atoms with Gasteiger partial charge in [-0.05, 0) is 37.0 Å². The van der Waals surface area contributed by atoms with Crippen molar-refractivity contribution in [2.75, 3.05) is 25.0 Å². The summed E-state index contributed by atoms with van der Waals surface area (Å²) in [5.41, 5.74) is 7.02. The molecule has 2 unspecified atom stereocenters. The van der Waals surface area contributed by atoms with E-state index in [4.69, 9.17) is 5.73 Å². The molecule has 0 radical (unpaired) electrons. The summed E-state index contributed by atoms with van der Waals surface area (Å²) in [4.78, 5) is 14.0. The van der Waals surface area contributed by atoms with E-state index in [1.54, 1.807) is 19.1 Å². The van der Waals surface area contributed by atoms with Crippen LogP contribution in [-0.2, 0) is 4.79 Å². The van der Waals surface area contributed by atoms with Crippen LogP contribution in [0, 0.1) is 18.7 Å². The summed E-state index contributed by atoms with van der Waals surface area (Å²) >= 11 is 0. The summed E-state index contributed by atoms with van der Waals surface area (Å²) in [6.07, 6.45) is 1.00. The SMILES string of the molecule is Cc1ccc(NC(=O)CN2CC(C)CC(N)C2)cc1F. The maximum Gasteiger partial charge on any atom is 0.238 e. The van der Waals surface area contributed by atoms with Gasteiger partial charge in [0, 0.05) is 24.8 Å². The minimum absolute atomic E-state index is 0.128. The third-order valence-electron chi connectivity index (χ3n) is 3.59. The molecule has 0 bridgehead atoms. The maximum atomic E-state index is 13.4. The van der Waals surface area contributed by atoms with Crippen molar-refractivity contribution in [2.24, 2.45) is 11.7 Å². The van der Waals surface area contributed by atoms with E-state index in [2.05, 4.69) is 17.1 Å². The van der Waals surface area contributed by atoms with E-state index in [1.165, 1.54) is 6.07 Å². The zero-order valence-electron chi connectivity index (χ0n) is 12.0. The Balaban J connectivity index is 1.90. The molecule has 110 valence electrons. The van der Waals surface area contributed by atoms with E-state index in [0.29, 0.717) is 23.7 Å². The van der Waals surface area contributed by atoms with Gasteiger partial charge in [-0.15, -0.1) is 0 Å². The highest BCUT2D eigenvalue weighted by Crippen LogP contribution is 2.16. The monoisotopic (exact) mass is 279 g/mol. The molecule has 5 heteroatoms. The number of aryl methyl sites for hydroxylation is 1. The van der Waals surface area contributed by atoms with Crippen LogP contribution < -0.4 is 11.1 Å². The van der Waals surface area contributed by atoms with Crippen LogP contribution in [0.3, 0.4) is 0 Å². The normalized spacial score (nSPS) is 23.6. The molecule has 1 aliphatic rings. The number of carbonyl (C=O) groups is 1. The molecular formula is C15H22FN3O. The molecule has 2 rings (SSSR count). The Kier molecular flexibility index (Phi) is 4.73. The van der Waals surface area contributed by atoms with Crippen molar-refractivity contribution >= 4 is 11.6 Å². The molecule has 1 aromatic carbocycles. The second-order valence-corrected chi connectivity index (χ2v) is 5.81. The van der Waals surface area contributed by atoms with Gasteiger partial charge in [0.25, 0.3) is 0 Å². The van der Waals surface area contributed by atoms with Crippen molar-refractivity contribution in [3.63, 3.8) is 0 Å². The first-order valence-corrected chi connectivity index (χ1v) is 6.98. The first-order valence-electron chi connectivity index (χ1n) is 6.98. The number of nitrogens with one attached hydrogen (secondary N) is 1. The molecule has 1 fully saturated rings. The summed E-state index contributed by atoms with van der Waals surface area (Å²) in [6.45, 7) is 5.74. The summed E-state index contributed by atoms with van der Waals surface area (Å²) in [7, 11) is 0. The lowest BCUT2D eigenvalue weighted by molar-refractivity contribution is -0.117. The summed E-state index contributed by atoms with van der Waals surface area (Å²) in [6, 6.07) is 4.84. The lowest BCUT2D eigenvalue weighted by Crippen LogP contribution is -2.48. The zero-order valence-corrected chi connectivity index (χ0v) is 12.0. The van der Waals surface area contributed by atoms with Crippen LogP contribution in [0.4, 0.5) is 10.1 Å². The van der Waals surface area contributed by atoms with Crippen molar-refractivity contribution in [1.29, 1.82) is 0 Å². The van der Waals surface area contributed by atoms with Gasteiger partial charge in [0.15, 0.2) is 0 Å². The molecule has 1 saturated heterocycles. The average molecular weight is 279 g/mol. The third-order valence-corrected chi connectivity index (χ3v) is 3.59. The fourth-order valence-electron chi connectivity index (χ4n) is 2.72. The number of amides is 1. The van der Waals surface area contributed by atoms with Crippen LogP contribution in [0.5, 0.6) is 0 Å². The van der Waals surface area contributed by atoms with Gasteiger partial charge in [-0.2, -0.15) is 0 Å². The van der Waals surface area contributed by atoms with E-state index in [0.717, 1.165) is 19.5 Å². The van der Waals surface area contributed by atoms with Gasteiger partial charge in [0.2, 0.25) is 5.91 Å². The van der Waals surface area contributed by atoms with E-state index in [1.807, 2.05) is 0 Å². The van der Waals surface area contributed by atoms with Crippen LogP contribution in [0.15, 0.2) is 18.2 Å². The number of hydrogen-bond donors (Lipinski definition) is 2. The largest absolute Gasteiger partial charge is 0.327 e. The van der Waals surface area contributed by atoms with Crippen LogP contribution in [0.2, 0.25) is 0 Å². The number of likely N-dealkylation sites (tertiary alicyclic amines) is 1. The van der Waals surface area contributed by atoms with Crippen molar-refractivity contribution in [1.82, 2.24) is 4.90 Å². The molecular weight excluding hydrogens is 257 g/mol. The van der Waals surface area contributed by atoms with E-state index in [-0.39, 0.29) is 17.8 Å². The van der Waals surface area contributed by atoms with Gasteiger partial charge >= 0.3 is 0 Å². The highest BCUT2D eigenvalue weighted by Gasteiger charge is 2.23. The Bertz CT molecular complexity index is 482. The quantitative estimate of drug-likeness (QED) is 0.886. The number of hydrogen-bond acceptors (Lipinski definition) is 3. The number of rotatable bonds is 3. The van der Waals surface area contributed by atoms with Crippen LogP contribution >= 0.6 is 0 Å². The Hall–Kier alpha value is -1.46. The number of carbonyl (C=O) groups excluding carboxylic acids is 1. The second-order valence-electron chi connectivity index (χ2n) is 5.81. The van der Waals surface area contributed by atoms with Crippen LogP contribution in [-0.4, -0.2) is 36.5 Å². The first kappa shape index (κ1) is 14.9. The topological polar surface area (TPSA) is 58.4 Å². The highest BCUT2D eigenvalue weighted by atomic mass is 19.1. The van der Waals surface area contributed by atoms with Gasteiger partial charge in [0.05, 0.1) is 6.54 Å². The number of nitrogens with two attached hydrogens (primary N) is 1. The molecule has 1 aromatic rings. The molecule has 4 nitrogen and oxygen atoms in total. The summed E-state index contributed by atoms with van der Waals surface area (Å²) in [5, 5.41) is 2.73. The standard InChI is InChI=1S/C15H22FN3O/c1-10-5-12(17)8-19(7-10)9-15(20)18-13-4-3-11(2)14(16)6-13/h3-4,6,10,12H,5,7-9,17H2,1-2H3,(H,18,20). The Morgan fingerprint density at radius 1 is 1.50 bits per heavy atom. The van der Waals surface area contributed by atoms with Gasteiger partial charge in [0.1, 0.15) is 5.82 Å². The molecule has 0 aliphatic carbocycles. The Labute approximate surface area is 119 Å². The molecule has 0 aromatic heterocycles. The summed E-state index contributed by atoms with van der Waals surface area (Å²) in [5.74, 6) is 0.0642. The van der Waals surface area contributed by atoms with Crippen molar-refractivity contribution < 1.29 is 9.18 Å². The number of nitrogens with zero attached hydrogens (tertiary/aromatic N) is 1. The molecule has 3 N–H and O–H groups in total. The van der Waals surface area contributed by atoms with Gasteiger partial charge < -0.3 is 11.1 Å². The van der Waals surface area contributed by atoms with Crippen LogP contribution in [0.25, 0.3) is 0 Å². The molecule has 1 aliphatic heterocycles. The lowest BCUT2D eigenvalue weighted by Gasteiger charge is -2.34. The first-order chi connectivity index (χ1) is 9.44. The number of piperidine rings is 1. The van der Waals surface area contributed by atoms with Crippen molar-refractivity contribution in [3.8, 4) is 0 Å². The minimum Gasteiger partial charge on any atom is -0.327 e. The molecule has 2 atom stereocenters. The fourth-order valence-corrected chi connectivity index (χ4v) is 2.72. The van der Waals surface area contributed by atoms with Gasteiger partial charge in [-0.1, -0.05) is 13.0 Å². The predicted molar refractivity (Wildman–Crippen MR) is 78.0 cm³/mol. The Morgan fingerprint density at radius 3 is 2.90 bits per heavy atom. The van der Waals surface area contributed by atoms with Crippen molar-refractivity contribution in [2.45, 2.75) is 26.3 Å². The second kappa shape index (κ2) is 6.33. The Morgan fingerprint density at radius 2 is 2.25 bits per heavy atom. The maximum absolute atomic E-state index is 13.4.